The van der Waals surface area contributed by atoms with E-state index in [1.165, 1.54) is 31.7 Å². The van der Waals surface area contributed by atoms with Gasteiger partial charge < -0.3 is 9.73 Å². The minimum atomic E-state index is -3.74. The summed E-state index contributed by atoms with van der Waals surface area (Å²) in [5.41, 5.74) is 0.542. The zero-order valence-corrected chi connectivity index (χ0v) is 19.4. The van der Waals surface area contributed by atoms with Gasteiger partial charge in [0.2, 0.25) is 15.9 Å². The first-order valence-corrected chi connectivity index (χ1v) is 13.2. The Hall–Kier alpha value is -1.81. The summed E-state index contributed by atoms with van der Waals surface area (Å²) in [4.78, 5) is 15.5. The number of benzene rings is 1. The Morgan fingerprint density at radius 2 is 1.87 bits per heavy atom. The number of hydrogen-bond donors (Lipinski definition) is 2. The molecule has 0 aliphatic carbocycles. The van der Waals surface area contributed by atoms with Crippen LogP contribution in [0, 0.1) is 5.92 Å². The van der Waals surface area contributed by atoms with Crippen molar-refractivity contribution in [2.45, 2.75) is 55.5 Å². The topological polar surface area (TPSA) is 91.7 Å². The molecule has 2 N–H and O–H groups in total. The molecule has 1 aromatic carbocycles. The van der Waals surface area contributed by atoms with Crippen LogP contribution in [0.5, 0.6) is 0 Å². The van der Waals surface area contributed by atoms with Gasteiger partial charge in [0.25, 0.3) is 0 Å². The lowest BCUT2D eigenvalue weighted by atomic mass is 10.2. The molecule has 0 radical (unpaired) electrons. The molecule has 1 atom stereocenters. The average molecular weight is 464 g/mol. The Labute approximate surface area is 188 Å². The molecule has 3 heterocycles. The van der Waals surface area contributed by atoms with E-state index in [4.69, 9.17) is 4.42 Å². The number of rotatable bonds is 6. The Balaban J connectivity index is 1.39. The molecule has 31 heavy (non-hydrogen) atoms. The van der Waals surface area contributed by atoms with Crippen molar-refractivity contribution in [3.63, 3.8) is 0 Å². The fourth-order valence-corrected chi connectivity index (χ4v) is 5.84. The zero-order valence-electron chi connectivity index (χ0n) is 17.7. The zero-order chi connectivity index (χ0) is 21.8. The number of carbonyl (C=O) groups is 1. The maximum atomic E-state index is 12.8. The third-order valence-corrected chi connectivity index (χ3v) is 8.42. The van der Waals surface area contributed by atoms with Crippen molar-refractivity contribution in [2.75, 3.05) is 24.2 Å². The third-order valence-electron chi connectivity index (χ3n) is 5.69. The molecule has 9 heteroatoms. The molecule has 0 bridgehead atoms. The quantitative estimate of drug-likeness (QED) is 0.677. The highest BCUT2D eigenvalue weighted by Gasteiger charge is 2.23. The molecule has 0 saturated carbocycles. The van der Waals surface area contributed by atoms with Crippen molar-refractivity contribution in [3.8, 4) is 0 Å². The monoisotopic (exact) mass is 463 g/mol. The van der Waals surface area contributed by atoms with Crippen molar-refractivity contribution in [1.29, 1.82) is 0 Å². The summed E-state index contributed by atoms with van der Waals surface area (Å²) in [5.74, 6) is 1.89. The van der Waals surface area contributed by atoms with Gasteiger partial charge in [0, 0.05) is 16.6 Å². The van der Waals surface area contributed by atoms with Crippen molar-refractivity contribution in [2.24, 2.45) is 5.92 Å². The van der Waals surface area contributed by atoms with Crippen LogP contribution in [-0.2, 0) is 27.9 Å². The van der Waals surface area contributed by atoms with Gasteiger partial charge in [-0.05, 0) is 56.3 Å². The molecule has 4 rings (SSSR count). The van der Waals surface area contributed by atoms with Gasteiger partial charge in [0.1, 0.15) is 11.5 Å². The molecule has 1 aromatic heterocycles. The van der Waals surface area contributed by atoms with E-state index in [0.29, 0.717) is 17.2 Å². The van der Waals surface area contributed by atoms with E-state index >= 15 is 0 Å². The van der Waals surface area contributed by atoms with Crippen LogP contribution in [0.1, 0.15) is 44.1 Å². The molecule has 0 spiro atoms. The van der Waals surface area contributed by atoms with Crippen LogP contribution in [0.15, 0.2) is 44.5 Å². The molecule has 0 unspecified atom stereocenters. The smallest absolute Gasteiger partial charge is 0.241 e. The van der Waals surface area contributed by atoms with Crippen LogP contribution >= 0.6 is 11.8 Å². The Kier molecular flexibility index (Phi) is 7.05. The van der Waals surface area contributed by atoms with Gasteiger partial charge in [0.05, 0.1) is 23.7 Å². The summed E-state index contributed by atoms with van der Waals surface area (Å²) >= 11 is 1.55. The largest absolute Gasteiger partial charge is 0.463 e. The van der Waals surface area contributed by atoms with Gasteiger partial charge in [-0.2, -0.15) is 0 Å². The lowest BCUT2D eigenvalue weighted by Crippen LogP contribution is -2.24. The predicted molar refractivity (Wildman–Crippen MR) is 121 cm³/mol. The number of thioether (sulfide) groups is 1. The minimum Gasteiger partial charge on any atom is -0.463 e. The van der Waals surface area contributed by atoms with Gasteiger partial charge in [-0.3, -0.25) is 9.69 Å². The van der Waals surface area contributed by atoms with E-state index in [-0.39, 0.29) is 23.3 Å². The maximum Gasteiger partial charge on any atom is 0.241 e. The third kappa shape index (κ3) is 5.71. The van der Waals surface area contributed by atoms with E-state index in [9.17, 15) is 13.2 Å². The highest BCUT2D eigenvalue weighted by molar-refractivity contribution is 7.99. The van der Waals surface area contributed by atoms with Crippen LogP contribution < -0.4 is 10.0 Å². The molecule has 2 aromatic rings. The van der Waals surface area contributed by atoms with Crippen LogP contribution in [0.3, 0.4) is 0 Å². The fraction of sp³-hybridized carbons (Fsp3) is 0.500. The summed E-state index contributed by atoms with van der Waals surface area (Å²) < 4.78 is 34.1. The van der Waals surface area contributed by atoms with E-state index < -0.39 is 10.0 Å². The normalized spacial score (nSPS) is 20.5. The lowest BCUT2D eigenvalue weighted by molar-refractivity contribution is -0.118. The number of hydrogen-bond acceptors (Lipinski definition) is 6. The number of nitrogens with one attached hydrogen (secondary N) is 2. The summed E-state index contributed by atoms with van der Waals surface area (Å²) in [6.45, 7) is 4.85. The molecular weight excluding hydrogens is 434 g/mol. The van der Waals surface area contributed by atoms with Crippen molar-refractivity contribution >= 4 is 33.4 Å². The van der Waals surface area contributed by atoms with Crippen LogP contribution in [0.2, 0.25) is 0 Å². The first-order chi connectivity index (χ1) is 14.9. The summed E-state index contributed by atoms with van der Waals surface area (Å²) in [5, 5.41) is 2.83. The van der Waals surface area contributed by atoms with E-state index in [2.05, 4.69) is 14.9 Å². The minimum absolute atomic E-state index is 0.0809. The average Bonchev–Trinajstić information content (AvgIpc) is 2.95. The molecule has 2 aliphatic heterocycles. The second kappa shape index (κ2) is 9.77. The molecule has 168 valence electrons. The number of furan rings is 1. The van der Waals surface area contributed by atoms with E-state index in [1.54, 1.807) is 23.9 Å². The maximum absolute atomic E-state index is 12.8. The summed E-state index contributed by atoms with van der Waals surface area (Å²) in [6.07, 6.45) is 5.00. The number of likely N-dealkylation sites (tertiary alicyclic amines) is 1. The number of amides is 1. The first-order valence-electron chi connectivity index (χ1n) is 10.8. The first kappa shape index (κ1) is 22.4. The Morgan fingerprint density at radius 1 is 1.13 bits per heavy atom. The standard InChI is InChI=1S/C22H29N3O4S2/c1-16-15-30-21-9-8-19(12-20(21)24-22(16)26)31(27,28)23-13-17-6-7-18(29-17)14-25-10-4-2-3-5-11-25/h6-9,12,16,23H,2-5,10-11,13-15H2,1H3,(H,24,26)/t16-/m1/s1. The molecular formula is C22H29N3O4S2. The van der Waals surface area contributed by atoms with Crippen LogP contribution in [-0.4, -0.2) is 38.1 Å². The van der Waals surface area contributed by atoms with E-state index in [0.717, 1.165) is 30.3 Å². The highest BCUT2D eigenvalue weighted by atomic mass is 32.2. The SMILES string of the molecule is C[C@@H]1CSc2ccc(S(=O)(=O)NCc3ccc(CN4CCCCCC4)o3)cc2NC1=O. The van der Waals surface area contributed by atoms with Crippen molar-refractivity contribution < 1.29 is 17.6 Å². The molecule has 1 fully saturated rings. The van der Waals surface area contributed by atoms with Crippen LogP contribution in [0.4, 0.5) is 5.69 Å². The number of carbonyl (C=O) groups excluding carboxylic acids is 1. The number of sulfonamides is 1. The van der Waals surface area contributed by atoms with Gasteiger partial charge in [-0.25, -0.2) is 13.1 Å². The van der Waals surface area contributed by atoms with Gasteiger partial charge >= 0.3 is 0 Å². The summed E-state index contributed by atoms with van der Waals surface area (Å²) in [6, 6.07) is 8.59. The fourth-order valence-electron chi connectivity index (χ4n) is 3.81. The predicted octanol–water partition coefficient (Wildman–Crippen LogP) is 3.81. The second-order valence-electron chi connectivity index (χ2n) is 8.24. The van der Waals surface area contributed by atoms with Gasteiger partial charge in [-0.15, -0.1) is 11.8 Å². The highest BCUT2D eigenvalue weighted by Crippen LogP contribution is 2.34. The molecule has 1 saturated heterocycles. The van der Waals surface area contributed by atoms with Gasteiger partial charge in [0.15, 0.2) is 0 Å². The number of fused-ring (bicyclic) bond motifs is 1. The Morgan fingerprint density at radius 3 is 2.65 bits per heavy atom. The number of anilines is 1. The molecule has 2 aliphatic rings. The second-order valence-corrected chi connectivity index (χ2v) is 11.1. The van der Waals surface area contributed by atoms with Crippen molar-refractivity contribution in [1.82, 2.24) is 9.62 Å². The Bertz CT molecular complexity index is 1030. The van der Waals surface area contributed by atoms with Crippen molar-refractivity contribution in [3.05, 3.63) is 41.9 Å². The number of nitrogens with zero attached hydrogens (tertiary/aromatic N) is 1. The molecule has 7 nitrogen and oxygen atoms in total. The molecule has 1 amide bonds. The van der Waals surface area contributed by atoms with E-state index in [1.807, 2.05) is 19.1 Å². The van der Waals surface area contributed by atoms with Gasteiger partial charge in [-0.1, -0.05) is 19.8 Å². The van der Waals surface area contributed by atoms with Crippen LogP contribution in [0.25, 0.3) is 0 Å². The lowest BCUT2D eigenvalue weighted by Gasteiger charge is -2.17. The summed E-state index contributed by atoms with van der Waals surface area (Å²) in [7, 11) is -3.74.